The average Bonchev–Trinajstić information content (AvgIpc) is 3.09. The molecular weight excluding hydrogens is 304 g/mol. The molecule has 5 nitrogen and oxygen atoms in total. The van der Waals surface area contributed by atoms with Gasteiger partial charge < -0.3 is 14.4 Å². The first-order valence-electron chi connectivity index (χ1n) is 8.58. The van der Waals surface area contributed by atoms with Gasteiger partial charge in [0.1, 0.15) is 5.69 Å². The number of carbonyl (C=O) groups excluding carboxylic acids is 1. The number of piperidine rings is 1. The molecule has 3 heterocycles. The lowest BCUT2D eigenvalue weighted by atomic mass is 9.90. The Bertz CT molecular complexity index is 750. The molecule has 2 fully saturated rings. The van der Waals surface area contributed by atoms with Crippen molar-refractivity contribution in [3.63, 3.8) is 0 Å². The first-order chi connectivity index (χ1) is 11.7. The van der Waals surface area contributed by atoms with Crippen molar-refractivity contribution >= 4 is 16.7 Å². The van der Waals surface area contributed by atoms with Crippen molar-refractivity contribution in [1.82, 2.24) is 9.88 Å². The summed E-state index contributed by atoms with van der Waals surface area (Å²) in [4.78, 5) is 19.3. The van der Waals surface area contributed by atoms with Crippen LogP contribution in [0.25, 0.3) is 10.8 Å². The number of aromatic nitrogens is 1. The molecule has 1 atom stereocenters. The maximum absolute atomic E-state index is 13.1. The molecule has 2 aliphatic heterocycles. The van der Waals surface area contributed by atoms with Crippen molar-refractivity contribution in [1.29, 1.82) is 0 Å². The van der Waals surface area contributed by atoms with Crippen molar-refractivity contribution in [3.8, 4) is 0 Å². The Morgan fingerprint density at radius 2 is 2.04 bits per heavy atom. The summed E-state index contributed by atoms with van der Waals surface area (Å²) >= 11 is 0. The van der Waals surface area contributed by atoms with E-state index in [1.165, 1.54) is 0 Å². The summed E-state index contributed by atoms with van der Waals surface area (Å²) in [6.45, 7) is 4.67. The topological polar surface area (TPSA) is 51.7 Å². The fourth-order valence-corrected chi connectivity index (χ4v) is 3.80. The Morgan fingerprint density at radius 3 is 2.88 bits per heavy atom. The fourth-order valence-electron chi connectivity index (χ4n) is 3.80. The van der Waals surface area contributed by atoms with Crippen molar-refractivity contribution in [2.45, 2.75) is 25.6 Å². The molecule has 2 aromatic rings. The lowest BCUT2D eigenvalue weighted by molar-refractivity contribution is -0.189. The van der Waals surface area contributed by atoms with Gasteiger partial charge in [-0.1, -0.05) is 24.3 Å². The van der Waals surface area contributed by atoms with Gasteiger partial charge in [0.25, 0.3) is 5.91 Å². The van der Waals surface area contributed by atoms with E-state index in [4.69, 9.17) is 9.47 Å². The van der Waals surface area contributed by atoms with Gasteiger partial charge in [-0.2, -0.15) is 0 Å². The maximum Gasteiger partial charge on any atom is 0.273 e. The molecule has 0 unspecified atom stereocenters. The van der Waals surface area contributed by atoms with E-state index in [1.807, 2.05) is 42.2 Å². The zero-order valence-electron chi connectivity index (χ0n) is 13.9. The summed E-state index contributed by atoms with van der Waals surface area (Å²) < 4.78 is 11.6. The predicted molar refractivity (Wildman–Crippen MR) is 90.7 cm³/mol. The van der Waals surface area contributed by atoms with Crippen LogP contribution >= 0.6 is 0 Å². The van der Waals surface area contributed by atoms with Crippen molar-refractivity contribution < 1.29 is 14.3 Å². The molecule has 1 aromatic heterocycles. The van der Waals surface area contributed by atoms with E-state index in [0.717, 1.165) is 30.2 Å². The van der Waals surface area contributed by atoms with Crippen LogP contribution in [0.15, 0.2) is 36.5 Å². The Labute approximate surface area is 141 Å². The molecule has 0 N–H and O–H groups in total. The number of likely N-dealkylation sites (tertiary alicyclic amines) is 1. The number of nitrogens with zero attached hydrogens (tertiary/aromatic N) is 2. The van der Waals surface area contributed by atoms with E-state index in [-0.39, 0.29) is 11.8 Å². The number of amides is 1. The van der Waals surface area contributed by atoms with Crippen LogP contribution in [0, 0.1) is 5.92 Å². The van der Waals surface area contributed by atoms with Crippen LogP contribution < -0.4 is 0 Å². The van der Waals surface area contributed by atoms with Gasteiger partial charge in [-0.25, -0.2) is 0 Å². The summed E-state index contributed by atoms with van der Waals surface area (Å²) in [6, 6.07) is 9.83. The quantitative estimate of drug-likeness (QED) is 0.851. The van der Waals surface area contributed by atoms with Gasteiger partial charge in [0.05, 0.1) is 13.2 Å². The smallest absolute Gasteiger partial charge is 0.273 e. The molecule has 126 valence electrons. The average molecular weight is 326 g/mol. The number of hydrogen-bond acceptors (Lipinski definition) is 4. The van der Waals surface area contributed by atoms with Crippen LogP contribution in [-0.2, 0) is 9.47 Å². The molecule has 2 saturated heterocycles. The minimum Gasteiger partial charge on any atom is -0.347 e. The Morgan fingerprint density at radius 1 is 1.25 bits per heavy atom. The summed E-state index contributed by atoms with van der Waals surface area (Å²) in [5.41, 5.74) is 0.534. The summed E-state index contributed by atoms with van der Waals surface area (Å²) in [7, 11) is 0. The summed E-state index contributed by atoms with van der Waals surface area (Å²) in [5, 5.41) is 1.95. The molecule has 0 radical (unpaired) electrons. The minimum atomic E-state index is -0.564. The standard InChI is InChI=1S/C19H22N2O3/c1-19(23-11-12-24-19)15-6-4-10-21(13-15)18(22)17-16-7-3-2-5-14(16)8-9-20-17/h2-3,5,7-9,15H,4,6,10-13H2,1H3/t15-/m1/s1. The summed E-state index contributed by atoms with van der Waals surface area (Å²) in [5.74, 6) is -0.365. The zero-order valence-corrected chi connectivity index (χ0v) is 13.9. The third-order valence-corrected chi connectivity index (χ3v) is 5.19. The molecule has 24 heavy (non-hydrogen) atoms. The maximum atomic E-state index is 13.1. The second-order valence-corrected chi connectivity index (χ2v) is 6.68. The van der Waals surface area contributed by atoms with Gasteiger partial charge in [-0.15, -0.1) is 0 Å². The number of hydrogen-bond donors (Lipinski definition) is 0. The molecule has 0 spiro atoms. The predicted octanol–water partition coefficient (Wildman–Crippen LogP) is 2.85. The number of pyridine rings is 1. The lowest BCUT2D eigenvalue weighted by Gasteiger charge is -2.39. The molecule has 0 aliphatic carbocycles. The van der Waals surface area contributed by atoms with Crippen LogP contribution in [0.4, 0.5) is 0 Å². The van der Waals surface area contributed by atoms with Gasteiger partial charge in [-0.3, -0.25) is 9.78 Å². The van der Waals surface area contributed by atoms with Crippen LogP contribution in [0.1, 0.15) is 30.3 Å². The largest absolute Gasteiger partial charge is 0.347 e. The Kier molecular flexibility index (Phi) is 3.98. The zero-order chi connectivity index (χ0) is 16.6. The molecule has 0 bridgehead atoms. The van der Waals surface area contributed by atoms with Gasteiger partial charge in [0.15, 0.2) is 5.79 Å². The Hall–Kier alpha value is -1.98. The van der Waals surface area contributed by atoms with E-state index in [1.54, 1.807) is 6.20 Å². The highest BCUT2D eigenvalue weighted by atomic mass is 16.7. The SMILES string of the molecule is CC1([C@@H]2CCCN(C(=O)c3nccc4ccccc34)C2)OCCO1. The molecule has 4 rings (SSSR count). The van der Waals surface area contributed by atoms with Crippen molar-refractivity contribution in [3.05, 3.63) is 42.2 Å². The molecule has 1 amide bonds. The molecule has 2 aliphatic rings. The van der Waals surface area contributed by atoms with Crippen LogP contribution in [0.3, 0.4) is 0 Å². The number of carbonyl (C=O) groups is 1. The van der Waals surface area contributed by atoms with Gasteiger partial charge >= 0.3 is 0 Å². The second kappa shape index (κ2) is 6.15. The molecule has 1 aromatic carbocycles. The lowest BCUT2D eigenvalue weighted by Crippen LogP contribution is -2.48. The van der Waals surface area contributed by atoms with Gasteiger partial charge in [0.2, 0.25) is 0 Å². The monoisotopic (exact) mass is 326 g/mol. The minimum absolute atomic E-state index is 0.00176. The second-order valence-electron chi connectivity index (χ2n) is 6.68. The van der Waals surface area contributed by atoms with Crippen molar-refractivity contribution in [2.75, 3.05) is 26.3 Å². The number of fused-ring (bicyclic) bond motifs is 1. The van der Waals surface area contributed by atoms with Crippen LogP contribution in [-0.4, -0.2) is 47.9 Å². The van der Waals surface area contributed by atoms with Gasteiger partial charge in [-0.05, 0) is 31.2 Å². The van der Waals surface area contributed by atoms with E-state index in [2.05, 4.69) is 4.98 Å². The van der Waals surface area contributed by atoms with E-state index in [9.17, 15) is 4.79 Å². The molecular formula is C19H22N2O3. The molecule has 0 saturated carbocycles. The third-order valence-electron chi connectivity index (χ3n) is 5.19. The third kappa shape index (κ3) is 2.68. The first-order valence-corrected chi connectivity index (χ1v) is 8.58. The van der Waals surface area contributed by atoms with Crippen LogP contribution in [0.2, 0.25) is 0 Å². The highest BCUT2D eigenvalue weighted by molar-refractivity contribution is 6.05. The fraction of sp³-hybridized carbons (Fsp3) is 0.474. The number of rotatable bonds is 2. The highest BCUT2D eigenvalue weighted by Gasteiger charge is 2.42. The normalized spacial score (nSPS) is 23.5. The van der Waals surface area contributed by atoms with Crippen LogP contribution in [0.5, 0.6) is 0 Å². The summed E-state index contributed by atoms with van der Waals surface area (Å²) in [6.07, 6.45) is 3.69. The van der Waals surface area contributed by atoms with Gasteiger partial charge in [0, 0.05) is 30.6 Å². The number of benzene rings is 1. The highest BCUT2D eigenvalue weighted by Crippen LogP contribution is 2.34. The van der Waals surface area contributed by atoms with E-state index in [0.29, 0.717) is 25.5 Å². The first kappa shape index (κ1) is 15.5. The Balaban J connectivity index is 1.59. The van der Waals surface area contributed by atoms with E-state index < -0.39 is 5.79 Å². The van der Waals surface area contributed by atoms with Crippen molar-refractivity contribution in [2.24, 2.45) is 5.92 Å². The number of ether oxygens (including phenoxy) is 2. The molecule has 5 heteroatoms. The van der Waals surface area contributed by atoms with E-state index >= 15 is 0 Å².